The van der Waals surface area contributed by atoms with Crippen LogP contribution in [0.4, 0.5) is 5.69 Å². The average molecular weight is 381 g/mol. The summed E-state index contributed by atoms with van der Waals surface area (Å²) in [4.78, 5) is 16.0. The van der Waals surface area contributed by atoms with Crippen LogP contribution in [0.25, 0.3) is 0 Å². The Kier molecular flexibility index (Phi) is 6.11. The van der Waals surface area contributed by atoms with E-state index in [1.807, 2.05) is 0 Å². The molecule has 1 aromatic heterocycles. The fourth-order valence-corrected chi connectivity index (χ4v) is 3.12. The van der Waals surface area contributed by atoms with Crippen molar-refractivity contribution in [1.82, 2.24) is 10.4 Å². The van der Waals surface area contributed by atoms with Crippen molar-refractivity contribution in [2.24, 2.45) is 5.10 Å². The molecule has 1 heterocycles. The highest BCUT2D eigenvalue weighted by molar-refractivity contribution is 7.92. The van der Waals surface area contributed by atoms with E-state index in [4.69, 9.17) is 11.6 Å². The van der Waals surface area contributed by atoms with Crippen LogP contribution in [0.1, 0.15) is 11.1 Å². The standard InChI is InChI=1S/C16H17ClN4O3S/c1-12-14(17)6-3-7-15(12)21(25(2,23)24)11-16(22)20-19-10-13-5-4-8-18-9-13/h3-10H,11H2,1-2H3,(H,20,22)/b19-10-. The van der Waals surface area contributed by atoms with Gasteiger partial charge >= 0.3 is 0 Å². The smallest absolute Gasteiger partial charge is 0.260 e. The molecule has 1 aromatic carbocycles. The molecular formula is C16H17ClN4O3S. The number of nitrogens with zero attached hydrogens (tertiary/aromatic N) is 3. The Labute approximate surface area is 151 Å². The molecule has 9 heteroatoms. The Balaban J connectivity index is 2.14. The number of benzene rings is 1. The molecule has 0 saturated carbocycles. The number of carbonyl (C=O) groups excluding carboxylic acids is 1. The number of carbonyl (C=O) groups is 1. The van der Waals surface area contributed by atoms with Gasteiger partial charge in [-0.3, -0.25) is 14.1 Å². The topological polar surface area (TPSA) is 91.7 Å². The van der Waals surface area contributed by atoms with Crippen LogP contribution in [0.15, 0.2) is 47.8 Å². The van der Waals surface area contributed by atoms with E-state index in [-0.39, 0.29) is 0 Å². The van der Waals surface area contributed by atoms with Crippen molar-refractivity contribution in [3.05, 3.63) is 58.9 Å². The largest absolute Gasteiger partial charge is 0.271 e. The molecule has 0 aliphatic carbocycles. The minimum absolute atomic E-state index is 0.349. The van der Waals surface area contributed by atoms with Crippen LogP contribution in [0.5, 0.6) is 0 Å². The Bertz CT molecular complexity index is 886. The quantitative estimate of drug-likeness (QED) is 0.612. The van der Waals surface area contributed by atoms with Crippen LogP contribution in [0, 0.1) is 6.92 Å². The summed E-state index contributed by atoms with van der Waals surface area (Å²) < 4.78 is 25.2. The molecule has 1 amide bonds. The Morgan fingerprint density at radius 1 is 1.36 bits per heavy atom. The molecule has 25 heavy (non-hydrogen) atoms. The number of halogens is 1. The highest BCUT2D eigenvalue weighted by Crippen LogP contribution is 2.27. The van der Waals surface area contributed by atoms with E-state index in [1.165, 1.54) is 6.21 Å². The minimum Gasteiger partial charge on any atom is -0.271 e. The lowest BCUT2D eigenvalue weighted by molar-refractivity contribution is -0.119. The van der Waals surface area contributed by atoms with Gasteiger partial charge in [-0.15, -0.1) is 0 Å². The third-order valence-electron chi connectivity index (χ3n) is 3.28. The van der Waals surface area contributed by atoms with E-state index >= 15 is 0 Å². The maximum Gasteiger partial charge on any atom is 0.260 e. The third-order valence-corrected chi connectivity index (χ3v) is 4.82. The molecular weight excluding hydrogens is 364 g/mol. The molecule has 0 unspecified atom stereocenters. The lowest BCUT2D eigenvalue weighted by Crippen LogP contribution is -2.39. The first-order valence-corrected chi connectivity index (χ1v) is 9.46. The second kappa shape index (κ2) is 8.09. The van der Waals surface area contributed by atoms with E-state index in [2.05, 4.69) is 15.5 Å². The number of hydrogen-bond acceptors (Lipinski definition) is 5. The van der Waals surface area contributed by atoms with Crippen molar-refractivity contribution < 1.29 is 13.2 Å². The van der Waals surface area contributed by atoms with Crippen LogP contribution in [-0.2, 0) is 14.8 Å². The minimum atomic E-state index is -3.68. The normalized spacial score (nSPS) is 11.5. The van der Waals surface area contributed by atoms with Gasteiger partial charge in [-0.05, 0) is 30.7 Å². The van der Waals surface area contributed by atoms with E-state index in [0.717, 1.165) is 10.6 Å². The van der Waals surface area contributed by atoms with Gasteiger partial charge in [0, 0.05) is 23.0 Å². The molecule has 1 N–H and O–H groups in total. The summed E-state index contributed by atoms with van der Waals surface area (Å²) in [6.07, 6.45) is 5.64. The lowest BCUT2D eigenvalue weighted by atomic mass is 10.2. The summed E-state index contributed by atoms with van der Waals surface area (Å²) in [7, 11) is -3.68. The highest BCUT2D eigenvalue weighted by Gasteiger charge is 2.22. The van der Waals surface area contributed by atoms with Crippen molar-refractivity contribution in [3.63, 3.8) is 0 Å². The van der Waals surface area contributed by atoms with Crippen LogP contribution in [0.2, 0.25) is 5.02 Å². The number of amides is 1. The summed E-state index contributed by atoms with van der Waals surface area (Å²) >= 11 is 6.04. The molecule has 0 fully saturated rings. The first-order valence-electron chi connectivity index (χ1n) is 7.24. The third kappa shape index (κ3) is 5.27. The second-order valence-corrected chi connectivity index (χ2v) is 7.55. The Morgan fingerprint density at radius 3 is 2.76 bits per heavy atom. The number of pyridine rings is 1. The number of aromatic nitrogens is 1. The van der Waals surface area contributed by atoms with Gasteiger partial charge in [0.15, 0.2) is 0 Å². The molecule has 0 aliphatic heterocycles. The van der Waals surface area contributed by atoms with Crippen molar-refractivity contribution in [2.45, 2.75) is 6.92 Å². The van der Waals surface area contributed by atoms with Gasteiger partial charge < -0.3 is 0 Å². The first kappa shape index (κ1) is 18.9. The predicted octanol–water partition coefficient (Wildman–Crippen LogP) is 1.96. The number of nitrogens with one attached hydrogen (secondary N) is 1. The Morgan fingerprint density at radius 2 is 2.12 bits per heavy atom. The molecule has 2 rings (SSSR count). The van der Waals surface area contributed by atoms with Crippen LogP contribution in [-0.4, -0.2) is 38.3 Å². The SMILES string of the molecule is Cc1c(Cl)cccc1N(CC(=O)N/N=C\c1cccnc1)S(C)(=O)=O. The number of hydrazone groups is 1. The van der Waals surface area contributed by atoms with Crippen LogP contribution in [0.3, 0.4) is 0 Å². The van der Waals surface area contributed by atoms with Gasteiger partial charge in [0.1, 0.15) is 6.54 Å². The molecule has 0 saturated heterocycles. The molecule has 0 aliphatic rings. The lowest BCUT2D eigenvalue weighted by Gasteiger charge is -2.23. The van der Waals surface area contributed by atoms with Crippen molar-refractivity contribution in [2.75, 3.05) is 17.1 Å². The van der Waals surface area contributed by atoms with E-state index in [1.54, 1.807) is 49.6 Å². The fraction of sp³-hybridized carbons (Fsp3) is 0.188. The van der Waals surface area contributed by atoms with Crippen LogP contribution >= 0.6 is 11.6 Å². The van der Waals surface area contributed by atoms with E-state index in [0.29, 0.717) is 21.8 Å². The van der Waals surface area contributed by atoms with Gasteiger partial charge in [-0.2, -0.15) is 5.10 Å². The molecule has 7 nitrogen and oxygen atoms in total. The molecule has 0 spiro atoms. The summed E-state index contributed by atoms with van der Waals surface area (Å²) in [5, 5.41) is 4.22. The second-order valence-electron chi connectivity index (χ2n) is 5.23. The number of sulfonamides is 1. The van der Waals surface area contributed by atoms with Gasteiger partial charge in [0.2, 0.25) is 10.0 Å². The van der Waals surface area contributed by atoms with Gasteiger partial charge in [0.25, 0.3) is 5.91 Å². The van der Waals surface area contributed by atoms with Gasteiger partial charge in [0.05, 0.1) is 18.2 Å². The van der Waals surface area contributed by atoms with Crippen LogP contribution < -0.4 is 9.73 Å². The summed E-state index contributed by atoms with van der Waals surface area (Å²) in [5.74, 6) is -0.579. The van der Waals surface area contributed by atoms with Gasteiger partial charge in [-0.25, -0.2) is 13.8 Å². The number of rotatable bonds is 6. The first-order chi connectivity index (χ1) is 11.8. The van der Waals surface area contributed by atoms with Gasteiger partial charge in [-0.1, -0.05) is 23.7 Å². The summed E-state index contributed by atoms with van der Waals surface area (Å²) in [6.45, 7) is 1.28. The van der Waals surface area contributed by atoms with E-state index in [9.17, 15) is 13.2 Å². The summed E-state index contributed by atoms with van der Waals surface area (Å²) in [6, 6.07) is 8.37. The zero-order valence-electron chi connectivity index (χ0n) is 13.7. The number of anilines is 1. The van der Waals surface area contributed by atoms with E-state index < -0.39 is 22.5 Å². The molecule has 0 bridgehead atoms. The fourth-order valence-electron chi connectivity index (χ4n) is 2.04. The average Bonchev–Trinajstić information content (AvgIpc) is 2.55. The zero-order valence-corrected chi connectivity index (χ0v) is 15.3. The molecule has 0 radical (unpaired) electrons. The maximum absolute atomic E-state index is 12.1. The Hall–Kier alpha value is -2.45. The highest BCUT2D eigenvalue weighted by atomic mass is 35.5. The van der Waals surface area contributed by atoms with Crippen molar-refractivity contribution in [1.29, 1.82) is 0 Å². The molecule has 0 atom stereocenters. The molecule has 2 aromatic rings. The monoisotopic (exact) mass is 380 g/mol. The summed E-state index contributed by atoms with van der Waals surface area (Å²) in [5.41, 5.74) is 3.92. The van der Waals surface area contributed by atoms with Crippen molar-refractivity contribution >= 4 is 39.4 Å². The predicted molar refractivity (Wildman–Crippen MR) is 98.4 cm³/mol. The van der Waals surface area contributed by atoms with Crippen molar-refractivity contribution in [3.8, 4) is 0 Å². The maximum atomic E-state index is 12.1. The number of hydrogen-bond donors (Lipinski definition) is 1. The zero-order chi connectivity index (χ0) is 18.4. The molecule has 132 valence electrons.